The first-order valence-electron chi connectivity index (χ1n) is 11.8. The molecule has 180 valence electrons. The van der Waals surface area contributed by atoms with Gasteiger partial charge in [-0.1, -0.05) is 31.5 Å². The van der Waals surface area contributed by atoms with Crippen LogP contribution in [0.2, 0.25) is 0 Å². The molecule has 0 bridgehead atoms. The van der Waals surface area contributed by atoms with Crippen molar-refractivity contribution in [3.8, 4) is 5.75 Å². The monoisotopic (exact) mass is 480 g/mol. The van der Waals surface area contributed by atoms with Gasteiger partial charge in [0.15, 0.2) is 0 Å². The molecular formula is C27H32N2O4S. The van der Waals surface area contributed by atoms with Gasteiger partial charge in [-0.3, -0.25) is 9.59 Å². The number of amides is 2. The van der Waals surface area contributed by atoms with Gasteiger partial charge in [-0.05, 0) is 60.5 Å². The van der Waals surface area contributed by atoms with Crippen molar-refractivity contribution in [2.24, 2.45) is 5.92 Å². The molecule has 0 saturated carbocycles. The Hall–Kier alpha value is -3.06. The number of fused-ring (bicyclic) bond motifs is 1. The molecule has 0 unspecified atom stereocenters. The lowest BCUT2D eigenvalue weighted by molar-refractivity contribution is -0.143. The SMILES string of the molecule is Cc1ccc(OC[C@@H]2c3ccsc3CCN2C(=O)CN(Cc2ccco2)C(=O)CC(C)C)cc1. The maximum atomic E-state index is 13.6. The number of furan rings is 1. The fourth-order valence-corrected chi connectivity index (χ4v) is 5.17. The van der Waals surface area contributed by atoms with Crippen molar-refractivity contribution >= 4 is 23.2 Å². The van der Waals surface area contributed by atoms with E-state index in [1.165, 1.54) is 10.4 Å². The highest BCUT2D eigenvalue weighted by Gasteiger charge is 2.33. The van der Waals surface area contributed by atoms with Crippen molar-refractivity contribution < 1.29 is 18.7 Å². The first kappa shape index (κ1) is 24.1. The van der Waals surface area contributed by atoms with E-state index in [1.807, 2.05) is 56.0 Å². The molecular weight excluding hydrogens is 448 g/mol. The average molecular weight is 481 g/mol. The highest BCUT2D eigenvalue weighted by Crippen LogP contribution is 2.34. The van der Waals surface area contributed by atoms with Crippen LogP contribution < -0.4 is 4.74 Å². The summed E-state index contributed by atoms with van der Waals surface area (Å²) in [6, 6.07) is 13.5. The molecule has 0 spiro atoms. The first-order chi connectivity index (χ1) is 16.4. The molecule has 1 aromatic carbocycles. The maximum absolute atomic E-state index is 13.6. The second-order valence-electron chi connectivity index (χ2n) is 9.20. The van der Waals surface area contributed by atoms with Gasteiger partial charge >= 0.3 is 0 Å². The van der Waals surface area contributed by atoms with E-state index >= 15 is 0 Å². The van der Waals surface area contributed by atoms with E-state index in [4.69, 9.17) is 9.15 Å². The van der Waals surface area contributed by atoms with Crippen molar-refractivity contribution in [1.82, 2.24) is 9.80 Å². The van der Waals surface area contributed by atoms with Crippen LogP contribution in [0.5, 0.6) is 5.75 Å². The van der Waals surface area contributed by atoms with Gasteiger partial charge in [-0.25, -0.2) is 0 Å². The van der Waals surface area contributed by atoms with Crippen molar-refractivity contribution in [2.45, 2.75) is 46.2 Å². The normalized spacial score (nSPS) is 15.3. The molecule has 7 heteroatoms. The van der Waals surface area contributed by atoms with Crippen molar-refractivity contribution in [3.05, 3.63) is 75.9 Å². The van der Waals surface area contributed by atoms with Crippen molar-refractivity contribution in [3.63, 3.8) is 0 Å². The Bertz CT molecular complexity index is 1090. The molecule has 2 aromatic heterocycles. The fourth-order valence-electron chi connectivity index (χ4n) is 4.24. The van der Waals surface area contributed by atoms with Gasteiger partial charge < -0.3 is 19.0 Å². The summed E-state index contributed by atoms with van der Waals surface area (Å²) in [5.74, 6) is 1.55. The molecule has 1 aliphatic rings. The van der Waals surface area contributed by atoms with Crippen LogP contribution in [0.4, 0.5) is 0 Å². The Balaban J connectivity index is 1.51. The van der Waals surface area contributed by atoms with Crippen LogP contribution in [0.1, 0.15) is 48.1 Å². The maximum Gasteiger partial charge on any atom is 0.242 e. The van der Waals surface area contributed by atoms with E-state index in [0.29, 0.717) is 25.3 Å². The van der Waals surface area contributed by atoms with Gasteiger partial charge in [0.05, 0.1) is 18.8 Å². The summed E-state index contributed by atoms with van der Waals surface area (Å²) in [7, 11) is 0. The van der Waals surface area contributed by atoms with E-state index in [1.54, 1.807) is 28.6 Å². The number of aryl methyl sites for hydroxylation is 1. The summed E-state index contributed by atoms with van der Waals surface area (Å²) in [6.07, 6.45) is 2.80. The number of carbonyl (C=O) groups is 2. The summed E-state index contributed by atoms with van der Waals surface area (Å²) in [4.78, 5) is 31.3. The number of hydrogen-bond donors (Lipinski definition) is 0. The van der Waals surface area contributed by atoms with Gasteiger partial charge in [-0.2, -0.15) is 0 Å². The van der Waals surface area contributed by atoms with Crippen molar-refractivity contribution in [2.75, 3.05) is 19.7 Å². The van der Waals surface area contributed by atoms with E-state index in [9.17, 15) is 9.59 Å². The van der Waals surface area contributed by atoms with Crippen molar-refractivity contribution in [1.29, 1.82) is 0 Å². The van der Waals surface area contributed by atoms with Crippen LogP contribution in [0, 0.1) is 12.8 Å². The smallest absolute Gasteiger partial charge is 0.242 e. The number of nitrogens with zero attached hydrogens (tertiary/aromatic N) is 2. The number of benzene rings is 1. The Morgan fingerprint density at radius 2 is 2.00 bits per heavy atom. The number of carbonyl (C=O) groups excluding carboxylic acids is 2. The topological polar surface area (TPSA) is 63.0 Å². The van der Waals surface area contributed by atoms with Crippen LogP contribution in [0.25, 0.3) is 0 Å². The highest BCUT2D eigenvalue weighted by molar-refractivity contribution is 7.10. The number of thiophene rings is 1. The van der Waals surface area contributed by atoms with Crippen LogP contribution in [0.15, 0.2) is 58.5 Å². The molecule has 2 amide bonds. The highest BCUT2D eigenvalue weighted by atomic mass is 32.1. The molecule has 3 aromatic rings. The Morgan fingerprint density at radius 3 is 2.71 bits per heavy atom. The molecule has 1 aliphatic heterocycles. The lowest BCUT2D eigenvalue weighted by atomic mass is 10.00. The molecule has 4 rings (SSSR count). The molecule has 34 heavy (non-hydrogen) atoms. The summed E-state index contributed by atoms with van der Waals surface area (Å²) in [5, 5.41) is 2.08. The van der Waals surface area contributed by atoms with Gasteiger partial charge in [0, 0.05) is 17.8 Å². The Kier molecular flexibility index (Phi) is 7.73. The van der Waals surface area contributed by atoms with Gasteiger partial charge in [0.2, 0.25) is 11.8 Å². The Morgan fingerprint density at radius 1 is 1.21 bits per heavy atom. The third-order valence-corrected chi connectivity index (χ3v) is 7.03. The summed E-state index contributed by atoms with van der Waals surface area (Å²) < 4.78 is 11.6. The quantitative estimate of drug-likeness (QED) is 0.421. The van der Waals surface area contributed by atoms with E-state index in [2.05, 4.69) is 11.4 Å². The zero-order valence-corrected chi connectivity index (χ0v) is 20.8. The average Bonchev–Trinajstić information content (AvgIpc) is 3.49. The number of rotatable bonds is 9. The summed E-state index contributed by atoms with van der Waals surface area (Å²) >= 11 is 1.72. The zero-order chi connectivity index (χ0) is 24.1. The predicted octanol–water partition coefficient (Wildman–Crippen LogP) is 5.23. The van der Waals surface area contributed by atoms with Crippen LogP contribution in [0.3, 0.4) is 0 Å². The molecule has 1 atom stereocenters. The molecule has 6 nitrogen and oxygen atoms in total. The second-order valence-corrected chi connectivity index (χ2v) is 10.2. The standard InChI is InChI=1S/C27H32N2O4S/c1-19(2)15-26(30)28(16-22-5-4-13-32-22)17-27(31)29-12-10-25-23(11-14-34-25)24(29)18-33-21-8-6-20(3)7-9-21/h4-9,11,13-14,19,24H,10,12,15-18H2,1-3H3/t24-/m1/s1. The lowest BCUT2D eigenvalue weighted by Gasteiger charge is -2.37. The van der Waals surface area contributed by atoms with E-state index in [-0.39, 0.29) is 36.9 Å². The molecule has 3 heterocycles. The van der Waals surface area contributed by atoms with Crippen LogP contribution >= 0.6 is 11.3 Å². The summed E-state index contributed by atoms with van der Waals surface area (Å²) in [5.41, 5.74) is 2.31. The first-order valence-corrected chi connectivity index (χ1v) is 12.6. The number of hydrogen-bond acceptors (Lipinski definition) is 5. The van der Waals surface area contributed by atoms with Gasteiger partial charge in [-0.15, -0.1) is 11.3 Å². The second kappa shape index (κ2) is 10.9. The third kappa shape index (κ3) is 5.89. The predicted molar refractivity (Wildman–Crippen MR) is 133 cm³/mol. The minimum Gasteiger partial charge on any atom is -0.491 e. The molecule has 0 aliphatic carbocycles. The minimum atomic E-state index is -0.186. The third-order valence-electron chi connectivity index (χ3n) is 6.03. The van der Waals surface area contributed by atoms with E-state index in [0.717, 1.165) is 17.7 Å². The van der Waals surface area contributed by atoms with Crippen LogP contribution in [-0.2, 0) is 22.6 Å². The zero-order valence-electron chi connectivity index (χ0n) is 20.0. The summed E-state index contributed by atoms with van der Waals surface area (Å²) in [6.45, 7) is 7.34. The molecule has 0 N–H and O–H groups in total. The molecule has 0 fully saturated rings. The van der Waals surface area contributed by atoms with Gasteiger partial charge in [0.25, 0.3) is 0 Å². The Labute approximate surface area is 205 Å². The molecule has 0 radical (unpaired) electrons. The lowest BCUT2D eigenvalue weighted by Crippen LogP contribution is -2.47. The largest absolute Gasteiger partial charge is 0.491 e. The van der Waals surface area contributed by atoms with E-state index < -0.39 is 0 Å². The van der Waals surface area contributed by atoms with Crippen LogP contribution in [-0.4, -0.2) is 41.3 Å². The number of ether oxygens (including phenoxy) is 1. The molecule has 0 saturated heterocycles. The van der Waals surface area contributed by atoms with Gasteiger partial charge in [0.1, 0.15) is 24.7 Å². The fraction of sp³-hybridized carbons (Fsp3) is 0.407. The minimum absolute atomic E-state index is 0.0206.